The molecule has 31 heavy (non-hydrogen) atoms. The van der Waals surface area contributed by atoms with Gasteiger partial charge in [-0.25, -0.2) is 9.78 Å². The SMILES string of the molecule is CCOC(=O)c1cccc(N2CC(O)=C(c3nc(-c4ccc(C)c(C)c4)cs3)C2=N)c1. The zero-order chi connectivity index (χ0) is 22.1. The maximum absolute atomic E-state index is 12.1. The van der Waals surface area contributed by atoms with E-state index in [1.165, 1.54) is 22.5 Å². The minimum Gasteiger partial charge on any atom is -0.510 e. The zero-order valence-corrected chi connectivity index (χ0v) is 18.4. The average molecular weight is 434 g/mol. The summed E-state index contributed by atoms with van der Waals surface area (Å²) >= 11 is 1.40. The number of esters is 1. The van der Waals surface area contributed by atoms with Crippen molar-refractivity contribution in [1.29, 1.82) is 5.41 Å². The minimum atomic E-state index is -0.412. The lowest BCUT2D eigenvalue weighted by Crippen LogP contribution is -2.26. The number of hydrogen-bond acceptors (Lipinski definition) is 6. The van der Waals surface area contributed by atoms with Crippen molar-refractivity contribution in [2.45, 2.75) is 20.8 Å². The van der Waals surface area contributed by atoms with E-state index in [2.05, 4.69) is 26.0 Å². The molecule has 0 saturated carbocycles. The number of anilines is 1. The summed E-state index contributed by atoms with van der Waals surface area (Å²) < 4.78 is 5.07. The van der Waals surface area contributed by atoms with Crippen LogP contribution in [0.1, 0.15) is 33.4 Å². The Morgan fingerprint density at radius 1 is 1.23 bits per heavy atom. The first-order chi connectivity index (χ1) is 14.9. The Balaban J connectivity index is 1.61. The number of aromatic nitrogens is 1. The number of benzene rings is 2. The molecule has 1 aromatic heterocycles. The number of nitrogens with zero attached hydrogens (tertiary/aromatic N) is 2. The van der Waals surface area contributed by atoms with E-state index in [9.17, 15) is 9.90 Å². The largest absolute Gasteiger partial charge is 0.510 e. The molecule has 2 aromatic carbocycles. The van der Waals surface area contributed by atoms with Crippen LogP contribution in [0, 0.1) is 19.3 Å². The second-order valence-electron chi connectivity index (χ2n) is 7.36. The van der Waals surface area contributed by atoms with Gasteiger partial charge in [0, 0.05) is 16.6 Å². The number of aliphatic hydroxyl groups is 1. The highest BCUT2D eigenvalue weighted by molar-refractivity contribution is 7.11. The summed E-state index contributed by atoms with van der Waals surface area (Å²) in [5.41, 5.74) is 5.71. The molecule has 7 heteroatoms. The van der Waals surface area contributed by atoms with Gasteiger partial charge in [-0.1, -0.05) is 18.2 Å². The van der Waals surface area contributed by atoms with E-state index in [4.69, 9.17) is 15.1 Å². The molecule has 1 aliphatic heterocycles. The maximum Gasteiger partial charge on any atom is 0.338 e. The summed E-state index contributed by atoms with van der Waals surface area (Å²) in [6.45, 7) is 6.34. The van der Waals surface area contributed by atoms with Gasteiger partial charge >= 0.3 is 5.97 Å². The molecule has 2 heterocycles. The van der Waals surface area contributed by atoms with Crippen LogP contribution < -0.4 is 4.90 Å². The van der Waals surface area contributed by atoms with Gasteiger partial charge in [-0.15, -0.1) is 11.3 Å². The van der Waals surface area contributed by atoms with Crippen LogP contribution >= 0.6 is 11.3 Å². The van der Waals surface area contributed by atoms with Gasteiger partial charge in [-0.2, -0.15) is 0 Å². The Morgan fingerprint density at radius 2 is 2.03 bits per heavy atom. The van der Waals surface area contributed by atoms with Crippen molar-refractivity contribution in [2.75, 3.05) is 18.1 Å². The van der Waals surface area contributed by atoms with E-state index in [1.807, 2.05) is 11.4 Å². The van der Waals surface area contributed by atoms with Gasteiger partial charge in [0.25, 0.3) is 0 Å². The molecule has 0 atom stereocenters. The smallest absolute Gasteiger partial charge is 0.338 e. The minimum absolute atomic E-state index is 0.0903. The molecule has 0 unspecified atom stereocenters. The van der Waals surface area contributed by atoms with Crippen LogP contribution in [-0.2, 0) is 4.74 Å². The third-order valence-electron chi connectivity index (χ3n) is 5.29. The van der Waals surface area contributed by atoms with E-state index in [-0.39, 0.29) is 18.1 Å². The summed E-state index contributed by atoms with van der Waals surface area (Å²) in [5, 5.41) is 21.8. The van der Waals surface area contributed by atoms with Crippen LogP contribution in [0.4, 0.5) is 5.69 Å². The number of rotatable bonds is 5. The van der Waals surface area contributed by atoms with Crippen molar-refractivity contribution in [3.05, 3.63) is 75.3 Å². The Morgan fingerprint density at radius 3 is 2.77 bits per heavy atom. The summed E-state index contributed by atoms with van der Waals surface area (Å²) in [7, 11) is 0. The van der Waals surface area contributed by atoms with E-state index in [0.29, 0.717) is 28.4 Å². The first-order valence-corrected chi connectivity index (χ1v) is 10.9. The molecule has 3 aromatic rings. The maximum atomic E-state index is 12.1. The molecule has 4 rings (SSSR count). The molecule has 2 N–H and O–H groups in total. The Bertz CT molecular complexity index is 1210. The van der Waals surface area contributed by atoms with Gasteiger partial charge < -0.3 is 14.7 Å². The van der Waals surface area contributed by atoms with Crippen molar-refractivity contribution >= 4 is 34.4 Å². The van der Waals surface area contributed by atoms with Crippen LogP contribution in [0.5, 0.6) is 0 Å². The lowest BCUT2D eigenvalue weighted by Gasteiger charge is -2.19. The molecule has 158 valence electrons. The van der Waals surface area contributed by atoms with Crippen molar-refractivity contribution < 1.29 is 14.6 Å². The van der Waals surface area contributed by atoms with Crippen LogP contribution in [0.25, 0.3) is 16.8 Å². The van der Waals surface area contributed by atoms with Crippen LogP contribution in [0.15, 0.2) is 53.6 Å². The summed E-state index contributed by atoms with van der Waals surface area (Å²) in [6, 6.07) is 13.1. The topological polar surface area (TPSA) is 86.5 Å². The third-order valence-corrected chi connectivity index (χ3v) is 6.15. The average Bonchev–Trinajstić information content (AvgIpc) is 3.34. The van der Waals surface area contributed by atoms with Crippen molar-refractivity contribution in [1.82, 2.24) is 4.98 Å². The first kappa shape index (κ1) is 20.8. The summed E-state index contributed by atoms with van der Waals surface area (Å²) in [5.74, 6) is -0.169. The normalized spacial score (nSPS) is 13.8. The second-order valence-corrected chi connectivity index (χ2v) is 8.22. The van der Waals surface area contributed by atoms with Crippen LogP contribution in [0.3, 0.4) is 0 Å². The lowest BCUT2D eigenvalue weighted by atomic mass is 10.1. The van der Waals surface area contributed by atoms with E-state index < -0.39 is 5.97 Å². The van der Waals surface area contributed by atoms with E-state index >= 15 is 0 Å². The fourth-order valence-corrected chi connectivity index (χ4v) is 4.36. The van der Waals surface area contributed by atoms with Gasteiger partial charge in [0.2, 0.25) is 0 Å². The standard InChI is InChI=1S/C24H23N3O3S/c1-4-30-24(29)17-6-5-7-18(11-17)27-12-20(28)21(22(27)25)23-26-19(13-31-23)16-9-8-14(2)15(3)10-16/h5-11,13,25,28H,4,12H2,1-3H3. The molecule has 0 saturated heterocycles. The molecule has 0 fully saturated rings. The number of aliphatic hydroxyl groups excluding tert-OH is 1. The number of carbonyl (C=O) groups is 1. The highest BCUT2D eigenvalue weighted by Crippen LogP contribution is 2.35. The summed E-state index contributed by atoms with van der Waals surface area (Å²) in [4.78, 5) is 18.4. The molecular formula is C24H23N3O3S. The monoisotopic (exact) mass is 433 g/mol. The quantitative estimate of drug-likeness (QED) is 0.528. The van der Waals surface area contributed by atoms with E-state index in [1.54, 1.807) is 36.1 Å². The van der Waals surface area contributed by atoms with E-state index in [0.717, 1.165) is 11.3 Å². The van der Waals surface area contributed by atoms with Crippen molar-refractivity contribution in [3.8, 4) is 11.3 Å². The number of nitrogens with one attached hydrogen (secondary N) is 1. The molecule has 1 aliphatic rings. The Labute approximate surface area is 185 Å². The molecule has 0 bridgehead atoms. The first-order valence-electron chi connectivity index (χ1n) is 9.98. The zero-order valence-electron chi connectivity index (χ0n) is 17.6. The molecule has 0 amide bonds. The molecule has 0 spiro atoms. The third kappa shape index (κ3) is 3.96. The van der Waals surface area contributed by atoms with Gasteiger partial charge in [0.05, 0.1) is 30.0 Å². The Hall–Kier alpha value is -3.45. The van der Waals surface area contributed by atoms with Gasteiger partial charge in [-0.3, -0.25) is 5.41 Å². The molecule has 0 aliphatic carbocycles. The van der Waals surface area contributed by atoms with Crippen LogP contribution in [-0.4, -0.2) is 35.0 Å². The van der Waals surface area contributed by atoms with Gasteiger partial charge in [0.1, 0.15) is 16.6 Å². The number of carbonyl (C=O) groups excluding carboxylic acids is 1. The van der Waals surface area contributed by atoms with Gasteiger partial charge in [-0.05, 0) is 56.2 Å². The number of ether oxygens (including phenoxy) is 1. The highest BCUT2D eigenvalue weighted by Gasteiger charge is 2.31. The number of amidine groups is 1. The van der Waals surface area contributed by atoms with Crippen molar-refractivity contribution in [2.24, 2.45) is 0 Å². The Kier molecular flexibility index (Phi) is 5.61. The molecule has 6 nitrogen and oxygen atoms in total. The highest BCUT2D eigenvalue weighted by atomic mass is 32.1. The summed E-state index contributed by atoms with van der Waals surface area (Å²) in [6.07, 6.45) is 0. The lowest BCUT2D eigenvalue weighted by molar-refractivity contribution is 0.0526. The van der Waals surface area contributed by atoms with Crippen molar-refractivity contribution in [3.63, 3.8) is 0 Å². The number of hydrogen-bond donors (Lipinski definition) is 2. The predicted molar refractivity (Wildman–Crippen MR) is 124 cm³/mol. The second kappa shape index (κ2) is 8.35. The molecule has 0 radical (unpaired) electrons. The molecular weight excluding hydrogens is 410 g/mol. The fraction of sp³-hybridized carbons (Fsp3) is 0.208. The van der Waals surface area contributed by atoms with Crippen LogP contribution in [0.2, 0.25) is 0 Å². The number of aryl methyl sites for hydroxylation is 2. The number of thiazole rings is 1. The predicted octanol–water partition coefficient (Wildman–Crippen LogP) is 5.37. The fourth-order valence-electron chi connectivity index (χ4n) is 3.46. The van der Waals surface area contributed by atoms with Gasteiger partial charge in [0.15, 0.2) is 0 Å².